The van der Waals surface area contributed by atoms with E-state index >= 15 is 0 Å². The number of pyridine rings is 1. The number of rotatable bonds is 7. The van der Waals surface area contributed by atoms with Crippen molar-refractivity contribution in [2.75, 3.05) is 5.75 Å². The molecule has 3 heterocycles. The number of nitrogens with zero attached hydrogens (tertiary/aromatic N) is 4. The van der Waals surface area contributed by atoms with Gasteiger partial charge < -0.3 is 4.42 Å². The van der Waals surface area contributed by atoms with Crippen LogP contribution in [-0.4, -0.2) is 31.3 Å². The molecule has 4 rings (SSSR count). The Kier molecular flexibility index (Phi) is 5.99. The maximum atomic E-state index is 12.6. The quantitative estimate of drug-likeness (QED) is 0.285. The van der Waals surface area contributed by atoms with Crippen molar-refractivity contribution in [3.05, 3.63) is 82.5 Å². The molecule has 0 fully saturated rings. The summed E-state index contributed by atoms with van der Waals surface area (Å²) in [5.74, 6) is 1.44. The van der Waals surface area contributed by atoms with Gasteiger partial charge in [0.15, 0.2) is 16.8 Å². The van der Waals surface area contributed by atoms with Gasteiger partial charge in [-0.2, -0.15) is 0 Å². The van der Waals surface area contributed by atoms with Crippen LogP contribution in [0.15, 0.2) is 70.7 Å². The molecule has 0 N–H and O–H groups in total. The average molecular weight is 445 g/mol. The normalized spacial score (nSPS) is 11.0. The number of carbonyl (C=O) groups excluding carboxylic acids is 1. The average Bonchev–Trinajstić information content (AvgIpc) is 3.37. The fourth-order valence-corrected chi connectivity index (χ4v) is 4.06. The second-order valence-electron chi connectivity index (χ2n) is 6.05. The number of halogens is 2. The molecule has 0 amide bonds. The number of Topliss-reactive ketones (excluding diaryl/α,β-unsaturated/α-hetero) is 1. The second kappa shape index (κ2) is 8.82. The number of benzene rings is 1. The van der Waals surface area contributed by atoms with E-state index in [0.717, 1.165) is 11.3 Å². The molecular weight excluding hydrogens is 431 g/mol. The Morgan fingerprint density at radius 1 is 1.14 bits per heavy atom. The van der Waals surface area contributed by atoms with Gasteiger partial charge in [-0.15, -0.1) is 10.2 Å². The Balaban J connectivity index is 1.59. The second-order valence-corrected chi connectivity index (χ2v) is 7.84. The van der Waals surface area contributed by atoms with Crippen LogP contribution in [0.3, 0.4) is 0 Å². The summed E-state index contributed by atoms with van der Waals surface area (Å²) in [6, 6.07) is 12.3. The highest BCUT2D eigenvalue weighted by atomic mass is 35.5. The van der Waals surface area contributed by atoms with Crippen molar-refractivity contribution >= 4 is 40.7 Å². The van der Waals surface area contributed by atoms with Gasteiger partial charge in [0.05, 0.1) is 23.6 Å². The summed E-state index contributed by atoms with van der Waals surface area (Å²) in [6.07, 6.45) is 5.03. The maximum absolute atomic E-state index is 12.6. The van der Waals surface area contributed by atoms with Crippen LogP contribution >= 0.6 is 35.0 Å². The SMILES string of the molecule is O=C(CSc1nnc(-c2cccnc2)n1Cc1ccco1)c1ccc(Cl)cc1Cl. The topological polar surface area (TPSA) is 73.8 Å². The fraction of sp³-hybridized carbons (Fsp3) is 0.100. The third-order valence-electron chi connectivity index (χ3n) is 4.09. The third-order valence-corrected chi connectivity index (χ3v) is 5.61. The van der Waals surface area contributed by atoms with Crippen molar-refractivity contribution in [2.45, 2.75) is 11.7 Å². The summed E-state index contributed by atoms with van der Waals surface area (Å²) in [5, 5.41) is 9.99. The standard InChI is InChI=1S/C20H14Cl2N4O2S/c21-14-5-6-16(17(22)9-14)18(27)12-29-20-25-24-19(13-3-1-7-23-10-13)26(20)11-15-4-2-8-28-15/h1-10H,11-12H2. The third kappa shape index (κ3) is 4.53. The molecule has 0 saturated heterocycles. The predicted molar refractivity (Wildman–Crippen MR) is 113 cm³/mol. The van der Waals surface area contributed by atoms with Gasteiger partial charge >= 0.3 is 0 Å². The van der Waals surface area contributed by atoms with Crippen molar-refractivity contribution < 1.29 is 9.21 Å². The Morgan fingerprint density at radius 2 is 2.03 bits per heavy atom. The van der Waals surface area contributed by atoms with Gasteiger partial charge in [0.25, 0.3) is 0 Å². The van der Waals surface area contributed by atoms with Gasteiger partial charge in [0, 0.05) is 28.5 Å². The molecule has 9 heteroatoms. The van der Waals surface area contributed by atoms with E-state index in [9.17, 15) is 4.79 Å². The van der Waals surface area contributed by atoms with E-state index in [1.54, 1.807) is 36.9 Å². The first-order valence-corrected chi connectivity index (χ1v) is 10.3. The number of furan rings is 1. The van der Waals surface area contributed by atoms with Crippen LogP contribution in [0, 0.1) is 0 Å². The molecule has 0 unspecified atom stereocenters. The van der Waals surface area contributed by atoms with E-state index in [2.05, 4.69) is 15.2 Å². The minimum Gasteiger partial charge on any atom is -0.467 e. The number of hydrogen-bond donors (Lipinski definition) is 0. The number of hydrogen-bond acceptors (Lipinski definition) is 6. The number of thioether (sulfide) groups is 1. The van der Waals surface area contributed by atoms with Gasteiger partial charge in [-0.1, -0.05) is 35.0 Å². The fourth-order valence-electron chi connectivity index (χ4n) is 2.73. The highest BCUT2D eigenvalue weighted by Gasteiger charge is 2.18. The van der Waals surface area contributed by atoms with Crippen LogP contribution in [0.25, 0.3) is 11.4 Å². The van der Waals surface area contributed by atoms with Crippen molar-refractivity contribution in [3.8, 4) is 11.4 Å². The summed E-state index contributed by atoms with van der Waals surface area (Å²) in [4.78, 5) is 16.8. The molecule has 0 bridgehead atoms. The summed E-state index contributed by atoms with van der Waals surface area (Å²) in [6.45, 7) is 0.433. The maximum Gasteiger partial charge on any atom is 0.192 e. The number of aromatic nitrogens is 4. The lowest BCUT2D eigenvalue weighted by Crippen LogP contribution is -2.07. The van der Waals surface area contributed by atoms with Crippen LogP contribution in [-0.2, 0) is 6.54 Å². The monoisotopic (exact) mass is 444 g/mol. The highest BCUT2D eigenvalue weighted by molar-refractivity contribution is 7.99. The molecule has 146 valence electrons. The van der Waals surface area contributed by atoms with Crippen LogP contribution in [0.5, 0.6) is 0 Å². The lowest BCUT2D eigenvalue weighted by Gasteiger charge is -2.09. The molecule has 1 aromatic carbocycles. The predicted octanol–water partition coefficient (Wildman–Crippen LogP) is 5.26. The molecule has 0 saturated carbocycles. The van der Waals surface area contributed by atoms with Crippen molar-refractivity contribution in [3.63, 3.8) is 0 Å². The zero-order valence-electron chi connectivity index (χ0n) is 15.0. The van der Waals surface area contributed by atoms with Crippen LogP contribution < -0.4 is 0 Å². The molecule has 29 heavy (non-hydrogen) atoms. The van der Waals surface area contributed by atoms with Crippen molar-refractivity contribution in [2.24, 2.45) is 0 Å². The summed E-state index contributed by atoms with van der Waals surface area (Å²) < 4.78 is 7.38. The Labute approximate surface area is 180 Å². The number of carbonyl (C=O) groups is 1. The molecule has 0 aliphatic carbocycles. The van der Waals surface area contributed by atoms with Gasteiger partial charge in [0.2, 0.25) is 0 Å². The summed E-state index contributed by atoms with van der Waals surface area (Å²) >= 11 is 13.3. The Hall–Kier alpha value is -2.61. The highest BCUT2D eigenvalue weighted by Crippen LogP contribution is 2.27. The van der Waals surface area contributed by atoms with Crippen LogP contribution in [0.2, 0.25) is 10.0 Å². The van der Waals surface area contributed by atoms with E-state index in [4.69, 9.17) is 27.6 Å². The van der Waals surface area contributed by atoms with Crippen molar-refractivity contribution in [1.82, 2.24) is 19.7 Å². The molecule has 0 spiro atoms. The van der Waals surface area contributed by atoms with Gasteiger partial charge in [-0.25, -0.2) is 0 Å². The van der Waals surface area contributed by atoms with E-state index in [-0.39, 0.29) is 11.5 Å². The van der Waals surface area contributed by atoms with E-state index in [1.165, 1.54) is 11.8 Å². The Bertz CT molecular complexity index is 1130. The zero-order chi connectivity index (χ0) is 20.2. The Morgan fingerprint density at radius 3 is 2.76 bits per heavy atom. The lowest BCUT2D eigenvalue weighted by atomic mass is 10.1. The summed E-state index contributed by atoms with van der Waals surface area (Å²) in [5.41, 5.74) is 1.25. The van der Waals surface area contributed by atoms with E-state index in [1.807, 2.05) is 28.8 Å². The number of ketones is 1. The first-order valence-electron chi connectivity index (χ1n) is 8.59. The molecule has 0 radical (unpaired) electrons. The molecule has 6 nitrogen and oxygen atoms in total. The van der Waals surface area contributed by atoms with E-state index in [0.29, 0.717) is 33.1 Å². The van der Waals surface area contributed by atoms with Crippen molar-refractivity contribution in [1.29, 1.82) is 0 Å². The summed E-state index contributed by atoms with van der Waals surface area (Å²) in [7, 11) is 0. The van der Waals surface area contributed by atoms with Crippen LogP contribution in [0.1, 0.15) is 16.1 Å². The molecule has 4 aromatic rings. The van der Waals surface area contributed by atoms with Gasteiger partial charge in [-0.3, -0.25) is 14.3 Å². The lowest BCUT2D eigenvalue weighted by molar-refractivity contribution is 0.102. The van der Waals surface area contributed by atoms with E-state index < -0.39 is 0 Å². The minimum atomic E-state index is -0.118. The molecular formula is C20H14Cl2N4O2S. The molecule has 0 aliphatic heterocycles. The first-order chi connectivity index (χ1) is 14.1. The van der Waals surface area contributed by atoms with Crippen LogP contribution in [0.4, 0.5) is 0 Å². The smallest absolute Gasteiger partial charge is 0.192 e. The van der Waals surface area contributed by atoms with Gasteiger partial charge in [-0.05, 0) is 42.5 Å². The minimum absolute atomic E-state index is 0.118. The van der Waals surface area contributed by atoms with Gasteiger partial charge in [0.1, 0.15) is 5.76 Å². The molecule has 3 aromatic heterocycles. The molecule has 0 atom stereocenters. The largest absolute Gasteiger partial charge is 0.467 e. The zero-order valence-corrected chi connectivity index (χ0v) is 17.3. The first kappa shape index (κ1) is 19.7. The molecule has 0 aliphatic rings.